The van der Waals surface area contributed by atoms with Crippen molar-refractivity contribution in [3.8, 4) is 5.69 Å². The second kappa shape index (κ2) is 9.76. The van der Waals surface area contributed by atoms with Gasteiger partial charge in [0.25, 0.3) is 11.8 Å². The van der Waals surface area contributed by atoms with Crippen LogP contribution in [0.25, 0.3) is 5.69 Å². The zero-order valence-corrected chi connectivity index (χ0v) is 19.6. The van der Waals surface area contributed by atoms with Crippen LogP contribution < -0.4 is 0 Å². The molecule has 0 unspecified atom stereocenters. The SMILES string of the molecule is CSc1nn(-c2ccc(C(=O)OCCCCN3C(=O)c4ccccc4C3=O)cc2)c(=S)s1. The summed E-state index contributed by atoms with van der Waals surface area (Å²) in [6.45, 7) is 0.503. The Labute approximate surface area is 198 Å². The molecule has 1 aromatic heterocycles. The van der Waals surface area contributed by atoms with Crippen LogP contribution in [-0.4, -0.2) is 51.9 Å². The van der Waals surface area contributed by atoms with E-state index in [0.717, 1.165) is 10.0 Å². The summed E-state index contributed by atoms with van der Waals surface area (Å²) in [5.41, 5.74) is 2.09. The molecule has 2 aromatic carbocycles. The van der Waals surface area contributed by atoms with E-state index in [2.05, 4.69) is 5.10 Å². The number of thioether (sulfide) groups is 1. The van der Waals surface area contributed by atoms with E-state index in [-0.39, 0.29) is 18.4 Å². The summed E-state index contributed by atoms with van der Waals surface area (Å²) in [4.78, 5) is 38.2. The molecule has 1 aliphatic heterocycles. The van der Waals surface area contributed by atoms with Crippen LogP contribution in [0.4, 0.5) is 0 Å². The standard InChI is InChI=1S/C22H19N3O4S3/c1-31-21-23-25(22(30)32-21)15-10-8-14(9-11-15)20(28)29-13-5-4-12-24-18(26)16-6-2-3-7-17(16)19(24)27/h2-3,6-11H,4-5,12-13H2,1H3. The quantitative estimate of drug-likeness (QED) is 0.151. The van der Waals surface area contributed by atoms with Crippen LogP contribution in [-0.2, 0) is 4.74 Å². The Hall–Kier alpha value is -2.82. The number of fused-ring (bicyclic) bond motifs is 1. The molecule has 2 heterocycles. The van der Waals surface area contributed by atoms with Gasteiger partial charge in [-0.2, -0.15) is 0 Å². The van der Waals surface area contributed by atoms with Gasteiger partial charge in [0, 0.05) is 6.54 Å². The molecule has 0 radical (unpaired) electrons. The summed E-state index contributed by atoms with van der Waals surface area (Å²) in [5, 5.41) is 4.43. The molecule has 32 heavy (non-hydrogen) atoms. The molecule has 4 rings (SSSR count). The van der Waals surface area contributed by atoms with Gasteiger partial charge in [-0.05, 0) is 67.7 Å². The number of amides is 2. The van der Waals surface area contributed by atoms with Crippen LogP contribution in [0.2, 0.25) is 0 Å². The zero-order chi connectivity index (χ0) is 22.7. The first kappa shape index (κ1) is 22.4. The average Bonchev–Trinajstić information content (AvgIpc) is 3.31. The second-order valence-corrected chi connectivity index (χ2v) is 9.62. The molecule has 0 spiro atoms. The van der Waals surface area contributed by atoms with Gasteiger partial charge in [-0.15, -0.1) is 5.10 Å². The molecular formula is C22H19N3O4S3. The fraction of sp³-hybridized carbons (Fsp3) is 0.227. The number of ether oxygens (including phenoxy) is 1. The Kier molecular flexibility index (Phi) is 6.83. The van der Waals surface area contributed by atoms with Crippen LogP contribution in [0.15, 0.2) is 52.9 Å². The first-order chi connectivity index (χ1) is 15.5. The van der Waals surface area contributed by atoms with Crippen molar-refractivity contribution in [1.29, 1.82) is 0 Å². The topological polar surface area (TPSA) is 81.5 Å². The van der Waals surface area contributed by atoms with Crippen molar-refractivity contribution in [1.82, 2.24) is 14.7 Å². The zero-order valence-electron chi connectivity index (χ0n) is 17.1. The summed E-state index contributed by atoms with van der Waals surface area (Å²) < 4.78 is 8.51. The Morgan fingerprint density at radius 1 is 1.06 bits per heavy atom. The number of hydrogen-bond acceptors (Lipinski definition) is 8. The Balaban J connectivity index is 1.25. The number of carbonyl (C=O) groups excluding carboxylic acids is 3. The van der Waals surface area contributed by atoms with Gasteiger partial charge in [0.1, 0.15) is 0 Å². The van der Waals surface area contributed by atoms with Crippen molar-refractivity contribution in [3.05, 3.63) is 69.2 Å². The number of rotatable bonds is 8. The third-order valence-electron chi connectivity index (χ3n) is 4.94. The molecule has 1 aliphatic rings. The summed E-state index contributed by atoms with van der Waals surface area (Å²) in [6.07, 6.45) is 3.04. The molecule has 0 aliphatic carbocycles. The van der Waals surface area contributed by atoms with Crippen LogP contribution in [0.1, 0.15) is 43.9 Å². The second-order valence-electron chi connectivity index (χ2n) is 6.95. The largest absolute Gasteiger partial charge is 0.462 e. The van der Waals surface area contributed by atoms with E-state index in [1.807, 2.05) is 6.26 Å². The molecule has 0 bridgehead atoms. The number of imide groups is 1. The minimum absolute atomic E-state index is 0.206. The maximum absolute atomic E-state index is 12.3. The molecule has 0 saturated heterocycles. The Morgan fingerprint density at radius 2 is 1.72 bits per heavy atom. The molecule has 10 heteroatoms. The highest BCUT2D eigenvalue weighted by Gasteiger charge is 2.34. The summed E-state index contributed by atoms with van der Waals surface area (Å²) in [5.74, 6) is -0.968. The normalized spacial score (nSPS) is 12.8. The third-order valence-corrected chi connectivity index (χ3v) is 7.15. The number of nitrogens with zero attached hydrogens (tertiary/aromatic N) is 3. The van der Waals surface area contributed by atoms with Crippen molar-refractivity contribution in [2.75, 3.05) is 19.4 Å². The predicted molar refractivity (Wildman–Crippen MR) is 125 cm³/mol. The van der Waals surface area contributed by atoms with Crippen molar-refractivity contribution < 1.29 is 19.1 Å². The number of carbonyl (C=O) groups is 3. The van der Waals surface area contributed by atoms with Gasteiger partial charge in [-0.1, -0.05) is 35.2 Å². The maximum atomic E-state index is 12.3. The van der Waals surface area contributed by atoms with Crippen LogP contribution in [0.3, 0.4) is 0 Å². The van der Waals surface area contributed by atoms with Crippen molar-refractivity contribution in [3.63, 3.8) is 0 Å². The van der Waals surface area contributed by atoms with E-state index >= 15 is 0 Å². The number of benzene rings is 2. The van der Waals surface area contributed by atoms with Crippen molar-refractivity contribution in [2.45, 2.75) is 17.2 Å². The molecule has 0 atom stereocenters. The van der Waals surface area contributed by atoms with E-state index < -0.39 is 5.97 Å². The van der Waals surface area contributed by atoms with Gasteiger partial charge in [-0.3, -0.25) is 14.5 Å². The number of unbranched alkanes of at least 4 members (excludes halogenated alkanes) is 1. The number of esters is 1. The van der Waals surface area contributed by atoms with Gasteiger partial charge in [0.2, 0.25) is 0 Å². The van der Waals surface area contributed by atoms with E-state index in [9.17, 15) is 14.4 Å². The first-order valence-corrected chi connectivity index (χ1v) is 12.3. The van der Waals surface area contributed by atoms with E-state index in [0.29, 0.717) is 40.0 Å². The highest BCUT2D eigenvalue weighted by molar-refractivity contribution is 8.00. The lowest BCUT2D eigenvalue weighted by Crippen LogP contribution is -2.30. The lowest BCUT2D eigenvalue weighted by atomic mass is 10.1. The lowest BCUT2D eigenvalue weighted by molar-refractivity contribution is 0.0485. The van der Waals surface area contributed by atoms with Crippen LogP contribution in [0.5, 0.6) is 0 Å². The van der Waals surface area contributed by atoms with Gasteiger partial charge < -0.3 is 4.74 Å². The molecule has 2 amide bonds. The Bertz CT molecular complexity index is 1200. The molecule has 164 valence electrons. The first-order valence-electron chi connectivity index (χ1n) is 9.86. The van der Waals surface area contributed by atoms with Crippen LogP contribution in [0, 0.1) is 3.95 Å². The number of hydrogen-bond donors (Lipinski definition) is 0. The molecule has 0 fully saturated rings. The smallest absolute Gasteiger partial charge is 0.338 e. The number of aromatic nitrogens is 2. The van der Waals surface area contributed by atoms with Crippen molar-refractivity contribution in [2.24, 2.45) is 0 Å². The predicted octanol–water partition coefficient (Wildman–Crippen LogP) is 4.62. The fourth-order valence-electron chi connectivity index (χ4n) is 3.31. The molecule has 0 N–H and O–H groups in total. The van der Waals surface area contributed by atoms with Crippen molar-refractivity contribution >= 4 is 53.1 Å². The molecule has 3 aromatic rings. The van der Waals surface area contributed by atoms with Crippen LogP contribution >= 0.6 is 35.3 Å². The molecular weight excluding hydrogens is 466 g/mol. The average molecular weight is 486 g/mol. The summed E-state index contributed by atoms with van der Waals surface area (Å²) >= 11 is 8.29. The van der Waals surface area contributed by atoms with Gasteiger partial charge in [0.15, 0.2) is 8.29 Å². The van der Waals surface area contributed by atoms with Gasteiger partial charge in [-0.25, -0.2) is 9.48 Å². The summed E-state index contributed by atoms with van der Waals surface area (Å²) in [6, 6.07) is 13.7. The minimum Gasteiger partial charge on any atom is -0.462 e. The van der Waals surface area contributed by atoms with E-state index in [4.69, 9.17) is 17.0 Å². The molecule has 7 nitrogen and oxygen atoms in total. The highest BCUT2D eigenvalue weighted by atomic mass is 32.2. The molecule has 0 saturated carbocycles. The fourth-order valence-corrected chi connectivity index (χ4v) is 5.09. The van der Waals surface area contributed by atoms with Gasteiger partial charge >= 0.3 is 5.97 Å². The third kappa shape index (κ3) is 4.52. The monoisotopic (exact) mass is 485 g/mol. The summed E-state index contributed by atoms with van der Waals surface area (Å²) in [7, 11) is 0. The minimum atomic E-state index is -0.427. The lowest BCUT2D eigenvalue weighted by Gasteiger charge is -2.13. The highest BCUT2D eigenvalue weighted by Crippen LogP contribution is 2.23. The van der Waals surface area contributed by atoms with E-state index in [1.165, 1.54) is 28.0 Å². The Morgan fingerprint density at radius 3 is 2.31 bits per heavy atom. The van der Waals surface area contributed by atoms with E-state index in [1.54, 1.807) is 53.2 Å². The van der Waals surface area contributed by atoms with Gasteiger partial charge in [0.05, 0.1) is 29.0 Å². The maximum Gasteiger partial charge on any atom is 0.338 e.